The number of nitrogens with one attached hydrogen (secondary N) is 1. The normalized spacial score (nSPS) is 12.2. The molecule has 0 aliphatic rings. The highest BCUT2D eigenvalue weighted by atomic mass is 35.5. The fourth-order valence-corrected chi connectivity index (χ4v) is 0.787. The third-order valence-corrected chi connectivity index (χ3v) is 1.76. The topological polar surface area (TPSA) is 59.3 Å². The molecule has 0 fully saturated rings. The number of amides is 1. The highest BCUT2D eigenvalue weighted by Crippen LogP contribution is 2.00. The zero-order valence-corrected chi connectivity index (χ0v) is 7.67. The Morgan fingerprint density at radius 2 is 2.31 bits per heavy atom. The Morgan fingerprint density at radius 1 is 1.62 bits per heavy atom. The molecule has 0 aliphatic heterocycles. The molecule has 1 unspecified atom stereocenters. The van der Waals surface area contributed by atoms with Gasteiger partial charge in [0.1, 0.15) is 6.04 Å². The second kappa shape index (κ2) is 4.09. The number of carbonyl (C=O) groups excluding carboxylic acids is 2. The Hall–Kier alpha value is -1.29. The number of halogens is 1. The van der Waals surface area contributed by atoms with Crippen LogP contribution in [0.3, 0.4) is 0 Å². The molecule has 1 amide bonds. The van der Waals surface area contributed by atoms with E-state index in [1.807, 2.05) is 0 Å². The van der Waals surface area contributed by atoms with E-state index >= 15 is 0 Å². The Bertz CT molecular complexity index is 307. The average molecular weight is 202 g/mol. The van der Waals surface area contributed by atoms with Crippen LogP contribution in [0.25, 0.3) is 0 Å². The Morgan fingerprint density at radius 3 is 2.77 bits per heavy atom. The predicted octanol–water partition coefficient (Wildman–Crippen LogP) is 1.16. The summed E-state index contributed by atoms with van der Waals surface area (Å²) < 4.78 is 4.81. The fourth-order valence-electron chi connectivity index (χ4n) is 0.732. The van der Waals surface area contributed by atoms with E-state index in [0.717, 1.165) is 0 Å². The largest absolute Gasteiger partial charge is 0.459 e. The van der Waals surface area contributed by atoms with Crippen molar-refractivity contribution in [3.8, 4) is 0 Å². The van der Waals surface area contributed by atoms with E-state index in [9.17, 15) is 9.59 Å². The first-order valence-corrected chi connectivity index (χ1v) is 4.03. The molecule has 0 spiro atoms. The molecule has 0 bridgehead atoms. The Balaban J connectivity index is 2.56. The summed E-state index contributed by atoms with van der Waals surface area (Å²) >= 11 is 5.15. The standard InChI is InChI=1S/C8H8ClNO3/c1-5(7(9)11)10-8(12)6-3-2-4-13-6/h2-5H,1H3,(H,10,12). The van der Waals surface area contributed by atoms with E-state index in [1.54, 1.807) is 6.07 Å². The molecule has 4 nitrogen and oxygen atoms in total. The molecule has 0 saturated carbocycles. The lowest BCUT2D eigenvalue weighted by molar-refractivity contribution is -0.113. The van der Waals surface area contributed by atoms with E-state index < -0.39 is 17.2 Å². The molecule has 0 aliphatic carbocycles. The number of hydrogen-bond acceptors (Lipinski definition) is 3. The van der Waals surface area contributed by atoms with Crippen LogP contribution in [0, 0.1) is 0 Å². The van der Waals surface area contributed by atoms with Gasteiger partial charge < -0.3 is 9.73 Å². The van der Waals surface area contributed by atoms with Crippen LogP contribution >= 0.6 is 11.6 Å². The number of furan rings is 1. The van der Waals surface area contributed by atoms with Crippen molar-refractivity contribution in [3.05, 3.63) is 24.2 Å². The molecule has 0 aromatic carbocycles. The summed E-state index contributed by atoms with van der Waals surface area (Å²) in [5, 5.41) is 1.76. The minimum Gasteiger partial charge on any atom is -0.459 e. The van der Waals surface area contributed by atoms with Crippen molar-refractivity contribution in [1.82, 2.24) is 5.32 Å². The van der Waals surface area contributed by atoms with Crippen LogP contribution in [0.1, 0.15) is 17.5 Å². The summed E-state index contributed by atoms with van der Waals surface area (Å²) in [5.41, 5.74) is 0. The third-order valence-electron chi connectivity index (χ3n) is 1.43. The molecule has 1 N–H and O–H groups in total. The van der Waals surface area contributed by atoms with Crippen molar-refractivity contribution in [1.29, 1.82) is 0 Å². The van der Waals surface area contributed by atoms with Crippen molar-refractivity contribution in [2.75, 3.05) is 0 Å². The summed E-state index contributed by atoms with van der Waals surface area (Å²) in [4.78, 5) is 21.8. The lowest BCUT2D eigenvalue weighted by Crippen LogP contribution is -2.36. The second-order valence-electron chi connectivity index (χ2n) is 2.48. The van der Waals surface area contributed by atoms with Gasteiger partial charge in [-0.05, 0) is 30.7 Å². The SMILES string of the molecule is CC(NC(=O)c1ccco1)C(=O)Cl. The van der Waals surface area contributed by atoms with Gasteiger partial charge in [-0.25, -0.2) is 0 Å². The predicted molar refractivity (Wildman–Crippen MR) is 46.5 cm³/mol. The molecule has 1 aromatic heterocycles. The first-order chi connectivity index (χ1) is 6.11. The fraction of sp³-hybridized carbons (Fsp3) is 0.250. The van der Waals surface area contributed by atoms with Gasteiger partial charge in [-0.15, -0.1) is 0 Å². The number of hydrogen-bond donors (Lipinski definition) is 1. The molecular formula is C8H8ClNO3. The van der Waals surface area contributed by atoms with Gasteiger partial charge in [0.15, 0.2) is 5.76 Å². The summed E-state index contributed by atoms with van der Waals surface area (Å²) in [6.45, 7) is 1.50. The molecule has 1 heterocycles. The zero-order chi connectivity index (χ0) is 9.84. The van der Waals surface area contributed by atoms with Gasteiger partial charge in [0.2, 0.25) is 5.24 Å². The first-order valence-electron chi connectivity index (χ1n) is 3.65. The smallest absolute Gasteiger partial charge is 0.287 e. The third kappa shape index (κ3) is 2.59. The Kier molecular flexibility index (Phi) is 3.08. The lowest BCUT2D eigenvalue weighted by Gasteiger charge is -2.06. The summed E-state index contributed by atoms with van der Waals surface area (Å²) in [6.07, 6.45) is 1.38. The molecule has 5 heteroatoms. The molecule has 1 aromatic rings. The van der Waals surface area contributed by atoms with E-state index in [2.05, 4.69) is 5.32 Å². The minimum atomic E-state index is -0.709. The van der Waals surface area contributed by atoms with Crippen LogP contribution in [0.15, 0.2) is 22.8 Å². The number of carbonyl (C=O) groups is 2. The van der Waals surface area contributed by atoms with E-state index in [-0.39, 0.29) is 5.76 Å². The molecule has 0 radical (unpaired) electrons. The van der Waals surface area contributed by atoms with Crippen LogP contribution in [0.5, 0.6) is 0 Å². The summed E-state index contributed by atoms with van der Waals surface area (Å²) in [6, 6.07) is 2.38. The molecule has 0 saturated heterocycles. The summed E-state index contributed by atoms with van der Waals surface area (Å²) in [7, 11) is 0. The van der Waals surface area contributed by atoms with Gasteiger partial charge in [0.05, 0.1) is 6.26 Å². The second-order valence-corrected chi connectivity index (χ2v) is 2.85. The maximum atomic E-state index is 11.2. The highest BCUT2D eigenvalue weighted by Gasteiger charge is 2.15. The molecule has 13 heavy (non-hydrogen) atoms. The summed E-state index contributed by atoms with van der Waals surface area (Å²) in [5.74, 6) is -0.295. The van der Waals surface area contributed by atoms with Crippen LogP contribution in [-0.4, -0.2) is 17.2 Å². The van der Waals surface area contributed by atoms with Gasteiger partial charge in [-0.1, -0.05) is 0 Å². The van der Waals surface area contributed by atoms with Crippen molar-refractivity contribution in [2.24, 2.45) is 0 Å². The van der Waals surface area contributed by atoms with Crippen molar-refractivity contribution >= 4 is 22.8 Å². The lowest BCUT2D eigenvalue weighted by atomic mass is 10.3. The van der Waals surface area contributed by atoms with Crippen LogP contribution in [0.4, 0.5) is 0 Å². The Labute approximate surface area is 79.9 Å². The molecular weight excluding hydrogens is 194 g/mol. The highest BCUT2D eigenvalue weighted by molar-refractivity contribution is 6.64. The molecule has 70 valence electrons. The van der Waals surface area contributed by atoms with Gasteiger partial charge in [0, 0.05) is 0 Å². The maximum absolute atomic E-state index is 11.2. The molecule has 1 rings (SSSR count). The van der Waals surface area contributed by atoms with Crippen LogP contribution < -0.4 is 5.32 Å². The van der Waals surface area contributed by atoms with Crippen molar-refractivity contribution in [2.45, 2.75) is 13.0 Å². The van der Waals surface area contributed by atoms with Gasteiger partial charge in [-0.3, -0.25) is 9.59 Å². The quantitative estimate of drug-likeness (QED) is 0.747. The van der Waals surface area contributed by atoms with Crippen LogP contribution in [0.2, 0.25) is 0 Å². The average Bonchev–Trinajstić information content (AvgIpc) is 2.55. The van der Waals surface area contributed by atoms with E-state index in [0.29, 0.717) is 0 Å². The van der Waals surface area contributed by atoms with E-state index in [4.69, 9.17) is 16.0 Å². The van der Waals surface area contributed by atoms with Gasteiger partial charge >= 0.3 is 0 Å². The zero-order valence-electron chi connectivity index (χ0n) is 6.91. The maximum Gasteiger partial charge on any atom is 0.287 e. The monoisotopic (exact) mass is 201 g/mol. The number of rotatable bonds is 3. The van der Waals surface area contributed by atoms with Crippen LogP contribution in [-0.2, 0) is 4.79 Å². The molecule has 1 atom stereocenters. The van der Waals surface area contributed by atoms with Gasteiger partial charge in [-0.2, -0.15) is 0 Å². The van der Waals surface area contributed by atoms with Gasteiger partial charge in [0.25, 0.3) is 5.91 Å². The first kappa shape index (κ1) is 9.80. The van der Waals surface area contributed by atoms with Crippen molar-refractivity contribution in [3.63, 3.8) is 0 Å². The van der Waals surface area contributed by atoms with Crippen molar-refractivity contribution < 1.29 is 14.0 Å². The minimum absolute atomic E-state index is 0.157. The van der Waals surface area contributed by atoms with E-state index in [1.165, 1.54) is 19.3 Å².